The van der Waals surface area contributed by atoms with Gasteiger partial charge in [0.15, 0.2) is 0 Å². The van der Waals surface area contributed by atoms with Gasteiger partial charge in [-0.15, -0.1) is 0 Å². The second kappa shape index (κ2) is 9.99. The van der Waals surface area contributed by atoms with Crippen molar-refractivity contribution in [2.45, 2.75) is 5.92 Å². The summed E-state index contributed by atoms with van der Waals surface area (Å²) in [6, 6.07) is 23.8. The molecule has 3 aromatic rings. The monoisotopic (exact) mass is 505 g/mol. The fourth-order valence-corrected chi connectivity index (χ4v) is 4.68. The Balaban J connectivity index is 1.75. The molecular formula is C30H23N3O5. The van der Waals surface area contributed by atoms with Gasteiger partial charge in [0.25, 0.3) is 0 Å². The predicted molar refractivity (Wildman–Crippen MR) is 141 cm³/mol. The van der Waals surface area contributed by atoms with E-state index in [4.69, 9.17) is 19.9 Å². The van der Waals surface area contributed by atoms with Crippen molar-refractivity contribution in [3.05, 3.63) is 112 Å². The van der Waals surface area contributed by atoms with Crippen LogP contribution in [0.25, 0.3) is 12.2 Å². The van der Waals surface area contributed by atoms with Crippen LogP contribution in [0.2, 0.25) is 0 Å². The summed E-state index contributed by atoms with van der Waals surface area (Å²) in [5, 5.41) is 10.2. The maximum atomic E-state index is 13.3. The Labute approximate surface area is 219 Å². The second-order valence-electron chi connectivity index (χ2n) is 8.53. The summed E-state index contributed by atoms with van der Waals surface area (Å²) >= 11 is 0. The van der Waals surface area contributed by atoms with Gasteiger partial charge >= 0.3 is 11.9 Å². The van der Waals surface area contributed by atoms with Crippen molar-refractivity contribution >= 4 is 29.8 Å². The van der Waals surface area contributed by atoms with E-state index in [1.165, 1.54) is 19.1 Å². The summed E-state index contributed by atoms with van der Waals surface area (Å²) in [5.74, 6) is -1.39. The third-order valence-electron chi connectivity index (χ3n) is 6.45. The Morgan fingerprint density at radius 3 is 2.24 bits per heavy atom. The number of ether oxygens (including phenoxy) is 3. The van der Waals surface area contributed by atoms with Gasteiger partial charge in [0, 0.05) is 17.2 Å². The number of carbonyl (C=O) groups is 2. The Bertz CT molecular complexity index is 1580. The largest absolute Gasteiger partial charge is 0.466 e. The van der Waals surface area contributed by atoms with Crippen LogP contribution in [0.3, 0.4) is 0 Å². The molecule has 38 heavy (non-hydrogen) atoms. The van der Waals surface area contributed by atoms with Crippen molar-refractivity contribution in [3.8, 4) is 17.6 Å². The number of nitriles is 1. The fourth-order valence-electron chi connectivity index (χ4n) is 4.68. The van der Waals surface area contributed by atoms with Crippen LogP contribution in [0.4, 0.5) is 5.69 Å². The summed E-state index contributed by atoms with van der Waals surface area (Å²) in [7, 11) is 2.42. The van der Waals surface area contributed by atoms with Crippen LogP contribution in [-0.4, -0.2) is 26.2 Å². The van der Waals surface area contributed by atoms with Crippen molar-refractivity contribution in [1.29, 1.82) is 5.26 Å². The molecule has 0 radical (unpaired) electrons. The highest BCUT2D eigenvalue weighted by Gasteiger charge is 2.43. The third-order valence-corrected chi connectivity index (χ3v) is 6.45. The number of hydrogen-bond donors (Lipinski definition) is 1. The molecule has 0 aliphatic carbocycles. The molecule has 0 fully saturated rings. The van der Waals surface area contributed by atoms with E-state index in [1.807, 2.05) is 48.6 Å². The van der Waals surface area contributed by atoms with Crippen LogP contribution in [-0.2, 0) is 19.1 Å². The molecule has 1 atom stereocenters. The number of fused-ring (bicyclic) bond motifs is 2. The van der Waals surface area contributed by atoms with Gasteiger partial charge in [-0.25, -0.2) is 9.59 Å². The topological polar surface area (TPSA) is 115 Å². The number of esters is 2. The number of benzene rings is 3. The lowest BCUT2D eigenvalue weighted by atomic mass is 9.81. The SMILES string of the molecule is COC(=O)C1=C(C(=O)OC)N(c2ccc3c(c2)Oc2ccccc2C=C3)C(N)=C(C#N)C1c1ccccc1. The summed E-state index contributed by atoms with van der Waals surface area (Å²) in [4.78, 5) is 27.8. The molecule has 0 saturated carbocycles. The average Bonchev–Trinajstić information content (AvgIpc) is 3.14. The average molecular weight is 506 g/mol. The van der Waals surface area contributed by atoms with Gasteiger partial charge in [-0.1, -0.05) is 60.7 Å². The number of nitrogens with zero attached hydrogens (tertiary/aromatic N) is 2. The summed E-state index contributed by atoms with van der Waals surface area (Å²) < 4.78 is 16.4. The minimum absolute atomic E-state index is 0.0149. The lowest BCUT2D eigenvalue weighted by Gasteiger charge is -2.36. The Morgan fingerprint density at radius 1 is 0.895 bits per heavy atom. The summed E-state index contributed by atoms with van der Waals surface area (Å²) in [6.07, 6.45) is 3.87. The highest BCUT2D eigenvalue weighted by molar-refractivity contribution is 6.06. The first-order valence-electron chi connectivity index (χ1n) is 11.7. The van der Waals surface area contributed by atoms with E-state index in [0.717, 1.165) is 11.1 Å². The minimum Gasteiger partial charge on any atom is -0.466 e. The number of hydrogen-bond acceptors (Lipinski definition) is 8. The van der Waals surface area contributed by atoms with Gasteiger partial charge in [0.05, 0.1) is 43.0 Å². The molecule has 1 unspecified atom stereocenters. The number of nitrogens with two attached hydrogens (primary N) is 1. The van der Waals surface area contributed by atoms with Gasteiger partial charge in [0.2, 0.25) is 0 Å². The van der Waals surface area contributed by atoms with E-state index in [2.05, 4.69) is 6.07 Å². The Kier molecular flexibility index (Phi) is 6.42. The number of anilines is 1. The molecule has 188 valence electrons. The molecule has 0 amide bonds. The molecule has 2 heterocycles. The van der Waals surface area contributed by atoms with Gasteiger partial charge in [-0.05, 0) is 23.8 Å². The normalized spacial score (nSPS) is 16.0. The van der Waals surface area contributed by atoms with Crippen LogP contribution in [0.5, 0.6) is 11.5 Å². The number of carbonyl (C=O) groups excluding carboxylic acids is 2. The van der Waals surface area contributed by atoms with Crippen molar-refractivity contribution < 1.29 is 23.8 Å². The van der Waals surface area contributed by atoms with E-state index in [1.54, 1.807) is 36.4 Å². The molecular weight excluding hydrogens is 482 g/mol. The number of methoxy groups -OCH3 is 2. The fraction of sp³-hybridized carbons (Fsp3) is 0.100. The zero-order chi connectivity index (χ0) is 26.8. The Hall–Kier alpha value is -5.29. The molecule has 2 aliphatic rings. The highest BCUT2D eigenvalue weighted by atomic mass is 16.5. The van der Waals surface area contributed by atoms with E-state index in [-0.39, 0.29) is 22.7 Å². The molecule has 8 heteroatoms. The Morgan fingerprint density at radius 2 is 1.55 bits per heavy atom. The highest BCUT2D eigenvalue weighted by Crippen LogP contribution is 2.44. The van der Waals surface area contributed by atoms with Crippen LogP contribution in [0.1, 0.15) is 22.6 Å². The first-order chi connectivity index (χ1) is 18.5. The third kappa shape index (κ3) is 4.06. The van der Waals surface area contributed by atoms with Crippen molar-refractivity contribution in [1.82, 2.24) is 0 Å². The lowest BCUT2D eigenvalue weighted by molar-refractivity contribution is -0.139. The molecule has 8 nitrogen and oxygen atoms in total. The number of allylic oxidation sites excluding steroid dienone is 1. The molecule has 5 rings (SSSR count). The maximum Gasteiger partial charge on any atom is 0.355 e. The number of rotatable bonds is 4. The van der Waals surface area contributed by atoms with Gasteiger partial charge < -0.3 is 19.9 Å². The second-order valence-corrected chi connectivity index (χ2v) is 8.53. The van der Waals surface area contributed by atoms with Crippen LogP contribution in [0, 0.1) is 11.3 Å². The molecule has 2 aliphatic heterocycles. The molecule has 3 aromatic carbocycles. The number of para-hydroxylation sites is 1. The quantitative estimate of drug-likeness (QED) is 0.391. The minimum atomic E-state index is -0.939. The van der Waals surface area contributed by atoms with E-state index < -0.39 is 17.9 Å². The van der Waals surface area contributed by atoms with Gasteiger partial charge in [0.1, 0.15) is 23.0 Å². The smallest absolute Gasteiger partial charge is 0.355 e. The lowest BCUT2D eigenvalue weighted by Crippen LogP contribution is -2.40. The zero-order valence-electron chi connectivity index (χ0n) is 20.7. The van der Waals surface area contributed by atoms with Crippen molar-refractivity contribution in [2.75, 3.05) is 19.1 Å². The maximum absolute atomic E-state index is 13.3. The predicted octanol–water partition coefficient (Wildman–Crippen LogP) is 4.86. The van der Waals surface area contributed by atoms with Crippen LogP contribution < -0.4 is 15.4 Å². The van der Waals surface area contributed by atoms with Gasteiger partial charge in [-0.2, -0.15) is 5.26 Å². The summed E-state index contributed by atoms with van der Waals surface area (Å²) in [6.45, 7) is 0. The molecule has 2 N–H and O–H groups in total. The van der Waals surface area contributed by atoms with Gasteiger partial charge in [-0.3, -0.25) is 4.90 Å². The standard InChI is InChI=1S/C30H23N3O5/c1-36-29(34)26-25(20-9-4-3-5-10-20)22(17-31)28(32)33(27(26)30(35)37-2)21-15-14-19-13-12-18-8-6-7-11-23(18)38-24(19)16-21/h3-16,25H,32H2,1-2H3. The molecule has 0 saturated heterocycles. The first-order valence-corrected chi connectivity index (χ1v) is 11.7. The van der Waals surface area contributed by atoms with E-state index in [0.29, 0.717) is 22.7 Å². The van der Waals surface area contributed by atoms with E-state index in [9.17, 15) is 14.9 Å². The van der Waals surface area contributed by atoms with Crippen molar-refractivity contribution in [2.24, 2.45) is 5.73 Å². The van der Waals surface area contributed by atoms with Crippen molar-refractivity contribution in [3.63, 3.8) is 0 Å². The molecule has 0 bridgehead atoms. The molecule has 0 spiro atoms. The van der Waals surface area contributed by atoms with E-state index >= 15 is 0 Å². The van der Waals surface area contributed by atoms with Crippen LogP contribution in [0.15, 0.2) is 95.5 Å². The summed E-state index contributed by atoms with van der Waals surface area (Å²) in [5.41, 5.74) is 9.18. The zero-order valence-corrected chi connectivity index (χ0v) is 20.7. The van der Waals surface area contributed by atoms with Crippen LogP contribution >= 0.6 is 0 Å². The first kappa shape index (κ1) is 24.4. The molecule has 0 aromatic heterocycles.